The van der Waals surface area contributed by atoms with Gasteiger partial charge in [-0.15, -0.1) is 0 Å². The van der Waals surface area contributed by atoms with Crippen molar-refractivity contribution in [2.24, 2.45) is 0 Å². The van der Waals surface area contributed by atoms with Gasteiger partial charge in [-0.05, 0) is 77.0 Å². The minimum atomic E-state index is -0.420. The molecule has 0 saturated heterocycles. The summed E-state index contributed by atoms with van der Waals surface area (Å²) in [6.45, 7) is 4.12. The monoisotopic (exact) mass is 511 g/mol. The van der Waals surface area contributed by atoms with Crippen LogP contribution in [0.15, 0.2) is 48.5 Å². The molecule has 6 nitrogen and oxygen atoms in total. The van der Waals surface area contributed by atoms with E-state index in [9.17, 15) is 9.59 Å². The number of halogens is 1. The fourth-order valence-corrected chi connectivity index (χ4v) is 3.06. The van der Waals surface area contributed by atoms with Gasteiger partial charge in [-0.3, -0.25) is 25.8 Å². The molecule has 3 N–H and O–H groups in total. The molecule has 0 radical (unpaired) electrons. The molecule has 0 fully saturated rings. The van der Waals surface area contributed by atoms with E-state index in [0.29, 0.717) is 17.2 Å². The van der Waals surface area contributed by atoms with Gasteiger partial charge in [-0.1, -0.05) is 38.1 Å². The van der Waals surface area contributed by atoms with E-state index in [2.05, 4.69) is 52.6 Å². The van der Waals surface area contributed by atoms with Gasteiger partial charge in [0.2, 0.25) is 0 Å². The van der Waals surface area contributed by atoms with Crippen LogP contribution >= 0.6 is 34.8 Å². The van der Waals surface area contributed by atoms with E-state index < -0.39 is 5.91 Å². The Labute approximate surface area is 183 Å². The zero-order chi connectivity index (χ0) is 20.5. The lowest BCUT2D eigenvalue weighted by molar-refractivity contribution is -0.123. The first-order chi connectivity index (χ1) is 13.4. The third-order valence-electron chi connectivity index (χ3n) is 4.09. The molecule has 2 aromatic rings. The first kappa shape index (κ1) is 22.1. The Balaban J connectivity index is 1.74. The predicted octanol–water partition coefficient (Wildman–Crippen LogP) is 3.52. The molecule has 0 bridgehead atoms. The van der Waals surface area contributed by atoms with Crippen LogP contribution in [0.3, 0.4) is 0 Å². The first-order valence-corrected chi connectivity index (χ1v) is 10.3. The molecule has 1 unspecified atom stereocenters. The Morgan fingerprint density at radius 1 is 1.11 bits per heavy atom. The molecule has 2 amide bonds. The number of hydrazine groups is 1. The zero-order valence-electron chi connectivity index (χ0n) is 15.6. The maximum absolute atomic E-state index is 12.1. The van der Waals surface area contributed by atoms with Gasteiger partial charge in [0, 0.05) is 3.57 Å². The number of rotatable bonds is 6. The topological polar surface area (TPSA) is 79.5 Å². The summed E-state index contributed by atoms with van der Waals surface area (Å²) in [6, 6.07) is 14.8. The Hall–Kier alpha value is -2.20. The van der Waals surface area contributed by atoms with Crippen molar-refractivity contribution in [1.29, 1.82) is 0 Å². The molecule has 0 aliphatic heterocycles. The number of nitrogens with one attached hydrogen (secondary N) is 3. The maximum Gasteiger partial charge on any atom is 0.276 e. The van der Waals surface area contributed by atoms with Crippen LogP contribution in [-0.4, -0.2) is 23.5 Å². The number of thiocarbonyl (C=S) groups is 1. The fourth-order valence-electron chi connectivity index (χ4n) is 2.29. The van der Waals surface area contributed by atoms with E-state index in [1.165, 1.54) is 5.56 Å². The second kappa shape index (κ2) is 11.0. The minimum Gasteiger partial charge on any atom is -0.484 e. The molecule has 8 heteroatoms. The third kappa shape index (κ3) is 6.75. The largest absolute Gasteiger partial charge is 0.484 e. The van der Waals surface area contributed by atoms with Crippen LogP contribution in [0, 0.1) is 3.57 Å². The summed E-state index contributed by atoms with van der Waals surface area (Å²) in [5.74, 6) is 0.319. The SMILES string of the molecule is CCC(C)c1ccc(OCC(=O)NNC(=S)NC(=O)c2ccccc2I)cc1. The number of ether oxygens (including phenoxy) is 1. The number of carbonyl (C=O) groups excluding carboxylic acids is 2. The predicted molar refractivity (Wildman–Crippen MR) is 121 cm³/mol. The van der Waals surface area contributed by atoms with Crippen molar-refractivity contribution >= 4 is 51.7 Å². The number of carbonyl (C=O) groups is 2. The number of benzene rings is 2. The average molecular weight is 511 g/mol. The third-order valence-corrected chi connectivity index (χ3v) is 5.24. The smallest absolute Gasteiger partial charge is 0.276 e. The lowest BCUT2D eigenvalue weighted by Gasteiger charge is -2.12. The van der Waals surface area contributed by atoms with E-state index >= 15 is 0 Å². The molecule has 0 aliphatic carbocycles. The molecule has 28 heavy (non-hydrogen) atoms. The summed E-state index contributed by atoms with van der Waals surface area (Å²) < 4.78 is 6.25. The average Bonchev–Trinajstić information content (AvgIpc) is 2.70. The molecule has 0 spiro atoms. The molecular formula is C20H22IN3O3S. The molecule has 2 aromatic carbocycles. The van der Waals surface area contributed by atoms with Crippen LogP contribution in [-0.2, 0) is 4.79 Å². The summed E-state index contributed by atoms with van der Waals surface area (Å²) in [5.41, 5.74) is 6.61. The standard InChI is InChI=1S/C20H22IN3O3S/c1-3-13(2)14-8-10-15(11-9-14)27-12-18(25)23-24-20(28)22-19(26)16-6-4-5-7-17(16)21/h4-11,13H,3,12H2,1-2H3,(H,23,25)(H2,22,24,26,28). The Kier molecular flexibility index (Phi) is 8.65. The van der Waals surface area contributed by atoms with Crippen LogP contribution in [0.4, 0.5) is 0 Å². The quantitative estimate of drug-likeness (QED) is 0.314. The highest BCUT2D eigenvalue weighted by molar-refractivity contribution is 14.1. The fraction of sp³-hybridized carbons (Fsp3) is 0.250. The van der Waals surface area contributed by atoms with Crippen molar-refractivity contribution in [3.05, 3.63) is 63.2 Å². The van der Waals surface area contributed by atoms with Crippen molar-refractivity contribution in [1.82, 2.24) is 16.2 Å². The first-order valence-electron chi connectivity index (χ1n) is 8.78. The number of hydrogen-bond acceptors (Lipinski definition) is 4. The lowest BCUT2D eigenvalue weighted by atomic mass is 9.99. The summed E-state index contributed by atoms with van der Waals surface area (Å²) in [6.07, 6.45) is 1.06. The van der Waals surface area contributed by atoms with E-state index in [-0.39, 0.29) is 17.6 Å². The van der Waals surface area contributed by atoms with Crippen molar-refractivity contribution in [3.8, 4) is 5.75 Å². The van der Waals surface area contributed by atoms with E-state index in [0.717, 1.165) is 9.99 Å². The number of amides is 2. The van der Waals surface area contributed by atoms with E-state index in [1.807, 2.05) is 36.4 Å². The summed E-state index contributed by atoms with van der Waals surface area (Å²) in [7, 11) is 0. The van der Waals surface area contributed by atoms with Crippen LogP contribution in [0.5, 0.6) is 5.75 Å². The highest BCUT2D eigenvalue weighted by atomic mass is 127. The maximum atomic E-state index is 12.1. The van der Waals surface area contributed by atoms with E-state index in [4.69, 9.17) is 17.0 Å². The van der Waals surface area contributed by atoms with Gasteiger partial charge >= 0.3 is 0 Å². The Morgan fingerprint density at radius 2 is 1.79 bits per heavy atom. The molecule has 148 valence electrons. The van der Waals surface area contributed by atoms with Crippen molar-refractivity contribution in [2.75, 3.05) is 6.61 Å². The van der Waals surface area contributed by atoms with Gasteiger partial charge < -0.3 is 4.74 Å². The lowest BCUT2D eigenvalue weighted by Crippen LogP contribution is -2.49. The highest BCUT2D eigenvalue weighted by Crippen LogP contribution is 2.21. The van der Waals surface area contributed by atoms with Crippen LogP contribution in [0.25, 0.3) is 0 Å². The van der Waals surface area contributed by atoms with Gasteiger partial charge in [0.1, 0.15) is 5.75 Å². The normalized spacial score (nSPS) is 11.2. The molecule has 0 heterocycles. The highest BCUT2D eigenvalue weighted by Gasteiger charge is 2.11. The summed E-state index contributed by atoms with van der Waals surface area (Å²) >= 11 is 7.09. The Morgan fingerprint density at radius 3 is 2.43 bits per heavy atom. The van der Waals surface area contributed by atoms with Gasteiger partial charge in [0.15, 0.2) is 11.7 Å². The molecule has 0 aromatic heterocycles. The summed E-state index contributed by atoms with van der Waals surface area (Å²) in [4.78, 5) is 24.0. The zero-order valence-corrected chi connectivity index (χ0v) is 18.6. The van der Waals surface area contributed by atoms with Gasteiger partial charge in [-0.25, -0.2) is 0 Å². The van der Waals surface area contributed by atoms with Gasteiger partial charge in [0.25, 0.3) is 11.8 Å². The molecule has 0 aliphatic rings. The Bertz CT molecular complexity index is 843. The van der Waals surface area contributed by atoms with Crippen molar-refractivity contribution in [2.45, 2.75) is 26.2 Å². The molecule has 2 rings (SSSR count). The second-order valence-corrected chi connectivity index (χ2v) is 7.67. The minimum absolute atomic E-state index is 0.00379. The molecular weight excluding hydrogens is 489 g/mol. The number of hydrogen-bond donors (Lipinski definition) is 3. The molecule has 0 saturated carbocycles. The van der Waals surface area contributed by atoms with Crippen LogP contribution in [0.1, 0.15) is 42.1 Å². The van der Waals surface area contributed by atoms with Gasteiger partial charge in [0.05, 0.1) is 5.56 Å². The molecule has 1 atom stereocenters. The van der Waals surface area contributed by atoms with Crippen LogP contribution < -0.4 is 20.9 Å². The van der Waals surface area contributed by atoms with Crippen molar-refractivity contribution in [3.63, 3.8) is 0 Å². The van der Waals surface area contributed by atoms with Crippen LogP contribution in [0.2, 0.25) is 0 Å². The summed E-state index contributed by atoms with van der Waals surface area (Å²) in [5, 5.41) is 2.51. The van der Waals surface area contributed by atoms with E-state index in [1.54, 1.807) is 12.1 Å². The second-order valence-electron chi connectivity index (χ2n) is 6.10. The van der Waals surface area contributed by atoms with Gasteiger partial charge in [-0.2, -0.15) is 0 Å². The van der Waals surface area contributed by atoms with Crippen molar-refractivity contribution < 1.29 is 14.3 Å².